The molecule has 1 saturated heterocycles. The van der Waals surface area contributed by atoms with Crippen molar-refractivity contribution in [3.05, 3.63) is 27.2 Å². The van der Waals surface area contributed by atoms with Gasteiger partial charge in [0.2, 0.25) is 5.95 Å². The molecule has 2 N–H and O–H groups in total. The molecular weight excluding hydrogens is 420 g/mol. The highest BCUT2D eigenvalue weighted by molar-refractivity contribution is 9.10. The van der Waals surface area contributed by atoms with E-state index in [1.54, 1.807) is 0 Å². The van der Waals surface area contributed by atoms with E-state index in [0.29, 0.717) is 6.04 Å². The van der Waals surface area contributed by atoms with Gasteiger partial charge in [-0.1, -0.05) is 0 Å². The highest BCUT2D eigenvalue weighted by Crippen LogP contribution is 2.38. The smallest absolute Gasteiger partial charge is 0.223 e. The second-order valence-electron chi connectivity index (χ2n) is 9.30. The molecule has 1 aliphatic heterocycles. The van der Waals surface area contributed by atoms with Gasteiger partial charge in [0.05, 0.1) is 15.0 Å². The fourth-order valence-electron chi connectivity index (χ4n) is 4.82. The predicted octanol–water partition coefficient (Wildman–Crippen LogP) is 5.57. The minimum Gasteiger partial charge on any atom is -0.351 e. The highest BCUT2D eigenvalue weighted by Gasteiger charge is 2.37. The van der Waals surface area contributed by atoms with Crippen LogP contribution >= 0.6 is 27.3 Å². The Morgan fingerprint density at radius 1 is 1.15 bits per heavy atom. The number of anilines is 1. The van der Waals surface area contributed by atoms with Gasteiger partial charge in [-0.3, -0.25) is 0 Å². The molecule has 3 heterocycles. The number of thiophene rings is 1. The molecule has 146 valence electrons. The minimum absolute atomic E-state index is 0.102. The lowest BCUT2D eigenvalue weighted by atomic mass is 9.80. The molecule has 0 unspecified atom stereocenters. The monoisotopic (exact) mass is 448 g/mol. The number of hydrogen-bond acceptors (Lipinski definition) is 5. The van der Waals surface area contributed by atoms with Gasteiger partial charge in [-0.2, -0.15) is 0 Å². The summed E-state index contributed by atoms with van der Waals surface area (Å²) in [5.41, 5.74) is 2.73. The molecule has 27 heavy (non-hydrogen) atoms. The summed E-state index contributed by atoms with van der Waals surface area (Å²) in [6, 6.07) is 2.70. The first-order chi connectivity index (χ1) is 12.7. The van der Waals surface area contributed by atoms with E-state index in [2.05, 4.69) is 65.3 Å². The van der Waals surface area contributed by atoms with Crippen LogP contribution in [0.3, 0.4) is 0 Å². The number of halogens is 1. The van der Waals surface area contributed by atoms with Crippen LogP contribution in [-0.4, -0.2) is 27.1 Å². The van der Waals surface area contributed by atoms with E-state index in [1.165, 1.54) is 41.0 Å². The molecule has 0 amide bonds. The van der Waals surface area contributed by atoms with Crippen molar-refractivity contribution in [3.8, 4) is 10.6 Å². The first kappa shape index (κ1) is 19.3. The second kappa shape index (κ2) is 7.12. The lowest BCUT2D eigenvalue weighted by Crippen LogP contribution is -2.60. The minimum atomic E-state index is 0.102. The van der Waals surface area contributed by atoms with Crippen LogP contribution in [0, 0.1) is 0 Å². The van der Waals surface area contributed by atoms with E-state index in [9.17, 15) is 0 Å². The van der Waals surface area contributed by atoms with Crippen LogP contribution in [-0.2, 0) is 12.8 Å². The SMILES string of the molecule is CC1(C)CC(Nc2ncc(Br)c(-c3cc4c(s3)CCCC4)n2)CC(C)(C)N1. The summed E-state index contributed by atoms with van der Waals surface area (Å²) in [5.74, 6) is 0.734. The maximum atomic E-state index is 4.90. The van der Waals surface area contributed by atoms with E-state index in [1.807, 2.05) is 17.5 Å². The molecule has 2 aromatic rings. The summed E-state index contributed by atoms with van der Waals surface area (Å²) in [6.07, 6.45) is 9.04. The first-order valence-electron chi connectivity index (χ1n) is 9.91. The fraction of sp³-hybridized carbons (Fsp3) is 0.619. The Kier molecular flexibility index (Phi) is 5.10. The standard InChI is InChI=1S/C21H29BrN4S/c1-20(2)10-14(11-21(3,4)26-20)24-19-23-12-15(22)18(25-19)17-9-13-7-5-6-8-16(13)27-17/h9,12,14,26H,5-8,10-11H2,1-4H3,(H,23,24,25). The largest absolute Gasteiger partial charge is 0.351 e. The summed E-state index contributed by atoms with van der Waals surface area (Å²) in [7, 11) is 0. The molecule has 1 fully saturated rings. The first-order valence-corrected chi connectivity index (χ1v) is 11.5. The molecule has 0 spiro atoms. The predicted molar refractivity (Wildman–Crippen MR) is 118 cm³/mol. The van der Waals surface area contributed by atoms with Crippen molar-refractivity contribution < 1.29 is 0 Å². The van der Waals surface area contributed by atoms with Crippen LogP contribution in [0.2, 0.25) is 0 Å². The van der Waals surface area contributed by atoms with Crippen molar-refractivity contribution in [1.82, 2.24) is 15.3 Å². The molecule has 0 atom stereocenters. The molecule has 6 heteroatoms. The van der Waals surface area contributed by atoms with E-state index in [-0.39, 0.29) is 11.1 Å². The number of nitrogens with zero attached hydrogens (tertiary/aromatic N) is 2. The Morgan fingerprint density at radius 3 is 2.56 bits per heavy atom. The van der Waals surface area contributed by atoms with E-state index < -0.39 is 0 Å². The van der Waals surface area contributed by atoms with Crippen LogP contribution in [0.4, 0.5) is 5.95 Å². The average molecular weight is 449 g/mol. The zero-order chi connectivity index (χ0) is 19.2. The van der Waals surface area contributed by atoms with E-state index in [4.69, 9.17) is 4.98 Å². The molecular formula is C21H29BrN4S. The van der Waals surface area contributed by atoms with Gasteiger partial charge in [0.25, 0.3) is 0 Å². The molecule has 0 radical (unpaired) electrons. The van der Waals surface area contributed by atoms with Gasteiger partial charge < -0.3 is 10.6 Å². The molecule has 0 aromatic carbocycles. The third kappa shape index (κ3) is 4.38. The lowest BCUT2D eigenvalue weighted by molar-refractivity contribution is 0.170. The van der Waals surface area contributed by atoms with Crippen molar-refractivity contribution in [3.63, 3.8) is 0 Å². The Hall–Kier alpha value is -0.980. The fourth-order valence-corrected chi connectivity index (χ4v) is 6.62. The summed E-state index contributed by atoms with van der Waals surface area (Å²) < 4.78 is 0.970. The van der Waals surface area contributed by atoms with Gasteiger partial charge in [-0.25, -0.2) is 9.97 Å². The molecule has 2 aliphatic rings. The van der Waals surface area contributed by atoms with Crippen molar-refractivity contribution in [2.24, 2.45) is 0 Å². The van der Waals surface area contributed by atoms with Crippen LogP contribution in [0.15, 0.2) is 16.7 Å². The second-order valence-corrected chi connectivity index (χ2v) is 11.3. The maximum absolute atomic E-state index is 4.90. The van der Waals surface area contributed by atoms with Gasteiger partial charge in [-0.05, 0) is 93.8 Å². The Labute approximate surface area is 174 Å². The van der Waals surface area contributed by atoms with Crippen molar-refractivity contribution >= 4 is 33.2 Å². The number of aryl methyl sites for hydroxylation is 2. The summed E-state index contributed by atoms with van der Waals surface area (Å²) in [4.78, 5) is 12.2. The number of aromatic nitrogens is 2. The number of nitrogens with one attached hydrogen (secondary N) is 2. The van der Waals surface area contributed by atoms with Crippen LogP contribution in [0.1, 0.15) is 63.8 Å². The highest BCUT2D eigenvalue weighted by atomic mass is 79.9. The zero-order valence-electron chi connectivity index (χ0n) is 16.7. The number of rotatable bonds is 3. The number of piperidine rings is 1. The summed E-state index contributed by atoms with van der Waals surface area (Å²) >= 11 is 5.56. The summed E-state index contributed by atoms with van der Waals surface area (Å²) in [6.45, 7) is 9.08. The molecule has 4 nitrogen and oxygen atoms in total. The van der Waals surface area contributed by atoms with Gasteiger partial charge in [0, 0.05) is 28.2 Å². The zero-order valence-corrected chi connectivity index (χ0v) is 19.1. The van der Waals surface area contributed by atoms with Crippen LogP contribution in [0.5, 0.6) is 0 Å². The Balaban J connectivity index is 1.58. The van der Waals surface area contributed by atoms with Gasteiger partial charge in [0.15, 0.2) is 0 Å². The average Bonchev–Trinajstić information content (AvgIpc) is 2.97. The molecule has 1 aliphatic carbocycles. The van der Waals surface area contributed by atoms with Crippen LogP contribution < -0.4 is 10.6 Å². The Bertz CT molecular complexity index is 803. The normalized spacial score (nSPS) is 21.7. The van der Waals surface area contributed by atoms with Gasteiger partial charge >= 0.3 is 0 Å². The van der Waals surface area contributed by atoms with Gasteiger partial charge in [-0.15, -0.1) is 11.3 Å². The third-order valence-electron chi connectivity index (χ3n) is 5.50. The third-order valence-corrected chi connectivity index (χ3v) is 7.32. The topological polar surface area (TPSA) is 49.8 Å². The van der Waals surface area contributed by atoms with Crippen LogP contribution in [0.25, 0.3) is 10.6 Å². The van der Waals surface area contributed by atoms with Gasteiger partial charge in [0.1, 0.15) is 0 Å². The number of fused-ring (bicyclic) bond motifs is 1. The van der Waals surface area contributed by atoms with E-state index in [0.717, 1.165) is 29.0 Å². The maximum Gasteiger partial charge on any atom is 0.223 e. The quantitative estimate of drug-likeness (QED) is 0.644. The number of hydrogen-bond donors (Lipinski definition) is 2. The molecule has 4 rings (SSSR count). The van der Waals surface area contributed by atoms with E-state index >= 15 is 0 Å². The molecule has 0 saturated carbocycles. The van der Waals surface area contributed by atoms with Crippen molar-refractivity contribution in [1.29, 1.82) is 0 Å². The van der Waals surface area contributed by atoms with Crippen molar-refractivity contribution in [2.75, 3.05) is 5.32 Å². The summed E-state index contributed by atoms with van der Waals surface area (Å²) in [5, 5.41) is 7.35. The van der Waals surface area contributed by atoms with Crippen molar-refractivity contribution in [2.45, 2.75) is 83.3 Å². The molecule has 0 bridgehead atoms. The lowest BCUT2D eigenvalue weighted by Gasteiger charge is -2.46. The molecule has 2 aromatic heterocycles. The Morgan fingerprint density at radius 2 is 1.85 bits per heavy atom.